The van der Waals surface area contributed by atoms with Crippen molar-refractivity contribution in [1.82, 2.24) is 10.2 Å². The normalized spacial score (nSPS) is 12.7. The monoisotopic (exact) mass is 614 g/mol. The summed E-state index contributed by atoms with van der Waals surface area (Å²) in [6.07, 6.45) is 2.43. The highest BCUT2D eigenvalue weighted by molar-refractivity contribution is 6.34. The van der Waals surface area contributed by atoms with E-state index in [4.69, 9.17) is 22.1 Å². The molecular weight excluding hydrogens is 568 g/mol. The summed E-state index contributed by atoms with van der Waals surface area (Å²) in [5, 5.41) is 5.98. The van der Waals surface area contributed by atoms with Crippen molar-refractivity contribution in [3.05, 3.63) is 63.7 Å². The summed E-state index contributed by atoms with van der Waals surface area (Å²) in [5.74, 6) is -1.57. The average molecular weight is 615 g/mol. The van der Waals surface area contributed by atoms with Crippen molar-refractivity contribution in [2.24, 2.45) is 5.73 Å². The van der Waals surface area contributed by atoms with Crippen LogP contribution in [0.25, 0.3) is 0 Å². The number of para-hydroxylation sites is 1. The van der Waals surface area contributed by atoms with Gasteiger partial charge in [-0.05, 0) is 82.7 Å². The summed E-state index contributed by atoms with van der Waals surface area (Å²) >= 11 is 6.47. The predicted octanol–water partition coefficient (Wildman–Crippen LogP) is 6.51. The summed E-state index contributed by atoms with van der Waals surface area (Å²) in [6.45, 7) is 13.2. The highest BCUT2D eigenvalue weighted by atomic mass is 35.5. The molecule has 0 aliphatic heterocycles. The number of benzene rings is 2. The maximum atomic E-state index is 14.4. The Balaban J connectivity index is 2.65. The van der Waals surface area contributed by atoms with Crippen LogP contribution in [0.2, 0.25) is 5.02 Å². The lowest BCUT2D eigenvalue weighted by Gasteiger charge is -2.35. The fraction of sp³-hybridized carbons (Fsp3) is 0.515. The molecule has 43 heavy (non-hydrogen) atoms. The molecule has 2 unspecified atom stereocenters. The number of ether oxygens (including phenoxy) is 1. The summed E-state index contributed by atoms with van der Waals surface area (Å²) in [5.41, 5.74) is 8.32. The molecule has 0 fully saturated rings. The zero-order valence-corrected chi connectivity index (χ0v) is 27.3. The van der Waals surface area contributed by atoms with Crippen molar-refractivity contribution in [2.75, 3.05) is 11.9 Å². The van der Waals surface area contributed by atoms with Gasteiger partial charge in [0.2, 0.25) is 11.8 Å². The quantitative estimate of drug-likeness (QED) is 0.209. The van der Waals surface area contributed by atoms with Gasteiger partial charge in [0.15, 0.2) is 0 Å². The molecule has 4 N–H and O–H groups in total. The lowest BCUT2D eigenvalue weighted by molar-refractivity contribution is -0.141. The number of alkyl carbamates (subject to hydrolysis) is 1. The SMILES string of the molecule is CCCCCCN(C(=O)C(CCC(N)=O)NC(=O)OC(C)(C)C)C(C(=O)Nc1c(C)cccc1Cl)c1cccc(C)c1C. The number of hydrogen-bond donors (Lipinski definition) is 3. The number of nitrogens with one attached hydrogen (secondary N) is 2. The highest BCUT2D eigenvalue weighted by Crippen LogP contribution is 2.32. The number of hydrogen-bond acceptors (Lipinski definition) is 5. The maximum absolute atomic E-state index is 14.4. The molecule has 2 aromatic rings. The van der Waals surface area contributed by atoms with Crippen LogP contribution in [0.5, 0.6) is 0 Å². The van der Waals surface area contributed by atoms with Gasteiger partial charge in [0, 0.05) is 13.0 Å². The smallest absolute Gasteiger partial charge is 0.408 e. The molecule has 2 aromatic carbocycles. The number of nitrogens with zero attached hydrogens (tertiary/aromatic N) is 1. The number of aryl methyl sites for hydroxylation is 2. The van der Waals surface area contributed by atoms with Gasteiger partial charge in [-0.15, -0.1) is 0 Å². The van der Waals surface area contributed by atoms with Crippen LogP contribution in [0.4, 0.5) is 10.5 Å². The standard InChI is InChI=1S/C33H47ClN4O5/c1-8-9-10-11-20-38(31(41)26(18-19-27(35)39)36-32(42)43-33(5,6)7)29(24-16-12-14-21(2)23(24)4)30(40)37-28-22(3)15-13-17-25(28)34/h12-17,26,29H,8-11,18-20H2,1-7H3,(H2,35,39)(H,36,42)(H,37,40). The van der Waals surface area contributed by atoms with E-state index in [1.807, 2.05) is 45.0 Å². The Kier molecular flexibility index (Phi) is 13.5. The lowest BCUT2D eigenvalue weighted by atomic mass is 9.94. The van der Waals surface area contributed by atoms with Crippen molar-refractivity contribution in [2.45, 2.75) is 105 Å². The van der Waals surface area contributed by atoms with E-state index in [0.717, 1.165) is 36.0 Å². The topological polar surface area (TPSA) is 131 Å². The molecule has 0 saturated carbocycles. The number of anilines is 1. The van der Waals surface area contributed by atoms with Crippen LogP contribution in [0.1, 0.15) is 94.5 Å². The molecule has 236 valence electrons. The molecule has 0 aliphatic rings. The number of halogens is 1. The number of unbranched alkanes of at least 4 members (excludes halogenated alkanes) is 3. The molecule has 10 heteroatoms. The Morgan fingerprint density at radius 2 is 1.63 bits per heavy atom. The molecule has 9 nitrogen and oxygen atoms in total. The van der Waals surface area contributed by atoms with E-state index >= 15 is 0 Å². The summed E-state index contributed by atoms with van der Waals surface area (Å²) in [7, 11) is 0. The number of rotatable bonds is 14. The Morgan fingerprint density at radius 3 is 2.23 bits per heavy atom. The third-order valence-corrected chi connectivity index (χ3v) is 7.49. The van der Waals surface area contributed by atoms with Crippen molar-refractivity contribution >= 4 is 41.1 Å². The van der Waals surface area contributed by atoms with Crippen LogP contribution in [-0.4, -0.2) is 46.9 Å². The van der Waals surface area contributed by atoms with Gasteiger partial charge in [-0.1, -0.05) is 68.1 Å². The van der Waals surface area contributed by atoms with Gasteiger partial charge in [0.25, 0.3) is 5.91 Å². The molecule has 0 heterocycles. The molecule has 0 spiro atoms. The fourth-order valence-corrected chi connectivity index (χ4v) is 5.04. The minimum absolute atomic E-state index is 0.0520. The van der Waals surface area contributed by atoms with E-state index in [0.29, 0.717) is 22.7 Å². The molecule has 0 aromatic heterocycles. The first kappa shape index (κ1) is 35.6. The van der Waals surface area contributed by atoms with Crippen molar-refractivity contribution < 1.29 is 23.9 Å². The second kappa shape index (κ2) is 16.3. The molecule has 0 saturated heterocycles. The second-order valence-electron chi connectivity index (χ2n) is 11.9. The summed E-state index contributed by atoms with van der Waals surface area (Å²) in [4.78, 5) is 54.7. The van der Waals surface area contributed by atoms with E-state index in [1.165, 1.54) is 4.90 Å². The first-order chi connectivity index (χ1) is 20.2. The third-order valence-electron chi connectivity index (χ3n) is 7.18. The average Bonchev–Trinajstić information content (AvgIpc) is 2.91. The van der Waals surface area contributed by atoms with Gasteiger partial charge in [0.05, 0.1) is 10.7 Å². The van der Waals surface area contributed by atoms with Crippen LogP contribution < -0.4 is 16.4 Å². The first-order valence-corrected chi connectivity index (χ1v) is 15.2. The minimum Gasteiger partial charge on any atom is -0.444 e. The number of amides is 4. The van der Waals surface area contributed by atoms with E-state index < -0.39 is 41.5 Å². The molecule has 4 amide bonds. The van der Waals surface area contributed by atoms with Gasteiger partial charge in [-0.3, -0.25) is 14.4 Å². The number of carbonyl (C=O) groups is 4. The summed E-state index contributed by atoms with van der Waals surface area (Å²) in [6, 6.07) is 8.74. The zero-order chi connectivity index (χ0) is 32.3. The van der Waals surface area contributed by atoms with Crippen LogP contribution >= 0.6 is 11.6 Å². The van der Waals surface area contributed by atoms with E-state index in [-0.39, 0.29) is 19.4 Å². The Hall–Kier alpha value is -3.59. The van der Waals surface area contributed by atoms with Crippen LogP contribution in [0, 0.1) is 20.8 Å². The molecular formula is C33H47ClN4O5. The van der Waals surface area contributed by atoms with E-state index in [1.54, 1.807) is 32.9 Å². The lowest BCUT2D eigenvalue weighted by Crippen LogP contribution is -2.53. The molecule has 0 bridgehead atoms. The van der Waals surface area contributed by atoms with E-state index in [9.17, 15) is 19.2 Å². The highest BCUT2D eigenvalue weighted by Gasteiger charge is 2.37. The number of carbonyl (C=O) groups excluding carboxylic acids is 4. The zero-order valence-electron chi connectivity index (χ0n) is 26.5. The molecule has 2 rings (SSSR count). The maximum Gasteiger partial charge on any atom is 0.408 e. The third kappa shape index (κ3) is 10.9. The largest absolute Gasteiger partial charge is 0.444 e. The Morgan fingerprint density at radius 1 is 0.977 bits per heavy atom. The van der Waals surface area contributed by atoms with Gasteiger partial charge in [-0.25, -0.2) is 4.79 Å². The van der Waals surface area contributed by atoms with Gasteiger partial charge in [-0.2, -0.15) is 0 Å². The van der Waals surface area contributed by atoms with Crippen molar-refractivity contribution in [3.8, 4) is 0 Å². The van der Waals surface area contributed by atoms with Gasteiger partial charge >= 0.3 is 6.09 Å². The van der Waals surface area contributed by atoms with Crippen LogP contribution in [0.3, 0.4) is 0 Å². The van der Waals surface area contributed by atoms with Crippen LogP contribution in [-0.2, 0) is 19.1 Å². The van der Waals surface area contributed by atoms with Gasteiger partial charge in [0.1, 0.15) is 17.7 Å². The second-order valence-corrected chi connectivity index (χ2v) is 12.3. The minimum atomic E-state index is -1.16. The molecule has 0 radical (unpaired) electrons. The summed E-state index contributed by atoms with van der Waals surface area (Å²) < 4.78 is 5.42. The predicted molar refractivity (Wildman–Crippen MR) is 171 cm³/mol. The molecule has 0 aliphatic carbocycles. The van der Waals surface area contributed by atoms with Gasteiger partial charge < -0.3 is 26.0 Å². The van der Waals surface area contributed by atoms with E-state index in [2.05, 4.69) is 17.6 Å². The Labute approximate surface area is 260 Å². The number of nitrogens with two attached hydrogens (primary N) is 1. The molecule has 2 atom stereocenters. The van der Waals surface area contributed by atoms with Crippen LogP contribution in [0.15, 0.2) is 36.4 Å². The fourth-order valence-electron chi connectivity index (χ4n) is 4.77. The first-order valence-electron chi connectivity index (χ1n) is 14.9. The number of primary amides is 1. The van der Waals surface area contributed by atoms with Crippen molar-refractivity contribution in [1.29, 1.82) is 0 Å². The Bertz CT molecular complexity index is 1270. The van der Waals surface area contributed by atoms with Crippen molar-refractivity contribution in [3.63, 3.8) is 0 Å².